The Balaban J connectivity index is 2.13. The summed E-state index contributed by atoms with van der Waals surface area (Å²) in [6, 6.07) is 4.64. The summed E-state index contributed by atoms with van der Waals surface area (Å²) < 4.78 is 0. The topological polar surface area (TPSA) is 222 Å². The first-order valence-electron chi connectivity index (χ1n) is 12.6. The minimum atomic E-state index is -1.33. The molecule has 1 aromatic heterocycles. The van der Waals surface area contributed by atoms with Crippen molar-refractivity contribution in [3.05, 3.63) is 54.1 Å². The van der Waals surface area contributed by atoms with Crippen LogP contribution in [-0.2, 0) is 36.8 Å². The second-order valence-corrected chi connectivity index (χ2v) is 9.73. The van der Waals surface area contributed by atoms with Gasteiger partial charge in [0.05, 0.1) is 12.4 Å². The molecule has 0 saturated heterocycles. The van der Waals surface area contributed by atoms with E-state index in [1.54, 1.807) is 0 Å². The monoisotopic (exact) mass is 543 g/mol. The van der Waals surface area contributed by atoms with Crippen molar-refractivity contribution in [1.29, 1.82) is 0 Å². The molecule has 2 rings (SSSR count). The number of aliphatic carboxylic acids is 1. The van der Waals surface area contributed by atoms with Crippen LogP contribution in [0.5, 0.6) is 0 Å². The zero-order valence-corrected chi connectivity index (χ0v) is 22.1. The van der Waals surface area contributed by atoms with Crippen LogP contribution in [0.3, 0.4) is 0 Å². The van der Waals surface area contributed by atoms with Gasteiger partial charge in [-0.2, -0.15) is 0 Å². The van der Waals surface area contributed by atoms with Gasteiger partial charge in [-0.1, -0.05) is 44.2 Å². The third-order valence-corrected chi connectivity index (χ3v) is 5.88. The van der Waals surface area contributed by atoms with Crippen LogP contribution in [0.4, 0.5) is 0 Å². The molecule has 0 aliphatic rings. The van der Waals surface area contributed by atoms with Gasteiger partial charge in [0.15, 0.2) is 0 Å². The van der Waals surface area contributed by atoms with E-state index in [1.165, 1.54) is 12.5 Å². The molecule has 9 N–H and O–H groups in total. The van der Waals surface area contributed by atoms with Crippen LogP contribution in [-0.4, -0.2) is 68.8 Å². The molecule has 0 radical (unpaired) electrons. The Morgan fingerprint density at radius 3 is 2.10 bits per heavy atom. The fourth-order valence-corrected chi connectivity index (χ4v) is 3.86. The number of nitrogens with one attached hydrogen (secondary N) is 4. The largest absolute Gasteiger partial charge is 0.480 e. The number of benzene rings is 1. The quantitative estimate of drug-likeness (QED) is 0.144. The number of primary amides is 1. The SMILES string of the molecule is CC(C)CC(NC(=O)C(N)Cc1ccccc1)C(=O)NC(CCC(N)=O)C(=O)NC(Cc1cnc[nH]1)C(=O)O. The molecule has 0 aliphatic carbocycles. The van der Waals surface area contributed by atoms with E-state index in [9.17, 15) is 29.1 Å². The van der Waals surface area contributed by atoms with Crippen molar-refractivity contribution in [2.24, 2.45) is 17.4 Å². The number of carboxylic acids is 1. The second-order valence-electron chi connectivity index (χ2n) is 9.73. The molecule has 4 unspecified atom stereocenters. The number of hydrogen-bond acceptors (Lipinski definition) is 7. The summed E-state index contributed by atoms with van der Waals surface area (Å²) in [5.74, 6) is -4.03. The van der Waals surface area contributed by atoms with Gasteiger partial charge in [-0.15, -0.1) is 0 Å². The van der Waals surface area contributed by atoms with Gasteiger partial charge in [-0.25, -0.2) is 9.78 Å². The van der Waals surface area contributed by atoms with E-state index in [1.807, 2.05) is 44.2 Å². The van der Waals surface area contributed by atoms with Crippen LogP contribution in [0.25, 0.3) is 0 Å². The number of aromatic nitrogens is 2. The maximum Gasteiger partial charge on any atom is 0.326 e. The molecule has 13 nitrogen and oxygen atoms in total. The van der Waals surface area contributed by atoms with E-state index in [0.717, 1.165) is 5.56 Å². The Hall–Kier alpha value is -4.26. The van der Waals surface area contributed by atoms with E-state index < -0.39 is 53.8 Å². The standard InChI is InChI=1S/C26H37N7O6/c1-15(2)10-20(32-23(35)18(27)11-16-6-4-3-5-7-16)25(37)31-19(8-9-22(28)34)24(36)33-21(26(38)39)12-17-13-29-14-30-17/h3-7,13-15,18-21H,8-12,27H2,1-2H3,(H2,28,34)(H,29,30)(H,31,37)(H,32,35)(H,33,36)(H,38,39). The lowest BCUT2D eigenvalue weighted by Crippen LogP contribution is -2.57. The molecule has 1 heterocycles. The fraction of sp³-hybridized carbons (Fsp3) is 0.462. The van der Waals surface area contributed by atoms with Crippen LogP contribution in [0.1, 0.15) is 44.4 Å². The van der Waals surface area contributed by atoms with Gasteiger partial charge >= 0.3 is 5.97 Å². The number of nitrogens with two attached hydrogens (primary N) is 2. The lowest BCUT2D eigenvalue weighted by molar-refractivity contribution is -0.142. The number of rotatable bonds is 16. The first-order valence-corrected chi connectivity index (χ1v) is 12.6. The van der Waals surface area contributed by atoms with Crippen LogP contribution in [0.2, 0.25) is 0 Å². The predicted octanol–water partition coefficient (Wildman–Crippen LogP) is -0.627. The molecule has 2 aromatic rings. The second kappa shape index (κ2) is 15.2. The van der Waals surface area contributed by atoms with E-state index in [4.69, 9.17) is 11.5 Å². The smallest absolute Gasteiger partial charge is 0.326 e. The van der Waals surface area contributed by atoms with Crippen molar-refractivity contribution in [2.45, 2.75) is 70.1 Å². The molecule has 0 spiro atoms. The highest BCUT2D eigenvalue weighted by Gasteiger charge is 2.31. The summed E-state index contributed by atoms with van der Waals surface area (Å²) in [7, 11) is 0. The number of amides is 4. The van der Waals surface area contributed by atoms with Gasteiger partial charge < -0.3 is 37.5 Å². The van der Waals surface area contributed by atoms with Crippen LogP contribution in [0, 0.1) is 5.92 Å². The molecule has 0 fully saturated rings. The lowest BCUT2D eigenvalue weighted by atomic mass is 10.0. The molecular weight excluding hydrogens is 506 g/mol. The van der Waals surface area contributed by atoms with Crippen molar-refractivity contribution in [2.75, 3.05) is 0 Å². The lowest BCUT2D eigenvalue weighted by Gasteiger charge is -2.26. The zero-order chi connectivity index (χ0) is 28.9. The van der Waals surface area contributed by atoms with Gasteiger partial charge in [0.2, 0.25) is 23.6 Å². The Bertz CT molecular complexity index is 1110. The Morgan fingerprint density at radius 1 is 0.923 bits per heavy atom. The van der Waals surface area contributed by atoms with Crippen molar-refractivity contribution in [3.63, 3.8) is 0 Å². The van der Waals surface area contributed by atoms with E-state index in [2.05, 4.69) is 25.9 Å². The molecule has 39 heavy (non-hydrogen) atoms. The molecule has 13 heteroatoms. The number of carbonyl (C=O) groups is 5. The number of hydrogen-bond donors (Lipinski definition) is 7. The van der Waals surface area contributed by atoms with Crippen LogP contribution in [0.15, 0.2) is 42.9 Å². The molecule has 1 aromatic carbocycles. The number of imidazole rings is 1. The zero-order valence-electron chi connectivity index (χ0n) is 22.1. The maximum absolute atomic E-state index is 13.2. The summed E-state index contributed by atoms with van der Waals surface area (Å²) in [6.45, 7) is 3.72. The summed E-state index contributed by atoms with van der Waals surface area (Å²) >= 11 is 0. The number of nitrogens with zero attached hydrogens (tertiary/aromatic N) is 1. The van der Waals surface area contributed by atoms with Crippen LogP contribution >= 0.6 is 0 Å². The van der Waals surface area contributed by atoms with Crippen molar-refractivity contribution in [1.82, 2.24) is 25.9 Å². The fourth-order valence-electron chi connectivity index (χ4n) is 3.86. The van der Waals surface area contributed by atoms with Gasteiger partial charge in [0.25, 0.3) is 0 Å². The summed E-state index contributed by atoms with van der Waals surface area (Å²) in [6.07, 6.45) is 2.83. The van der Waals surface area contributed by atoms with E-state index in [-0.39, 0.29) is 38.0 Å². The highest BCUT2D eigenvalue weighted by Crippen LogP contribution is 2.09. The Labute approximate surface area is 226 Å². The van der Waals surface area contributed by atoms with Gasteiger partial charge in [0, 0.05) is 24.7 Å². The number of carboxylic acid groups (broad SMARTS) is 1. The predicted molar refractivity (Wildman–Crippen MR) is 142 cm³/mol. The first kappa shape index (κ1) is 31.0. The van der Waals surface area contributed by atoms with Gasteiger partial charge in [-0.3, -0.25) is 19.2 Å². The molecule has 0 bridgehead atoms. The summed E-state index contributed by atoms with van der Waals surface area (Å²) in [4.78, 5) is 68.8. The maximum atomic E-state index is 13.2. The Morgan fingerprint density at radius 2 is 1.54 bits per heavy atom. The molecule has 0 aliphatic heterocycles. The van der Waals surface area contributed by atoms with Gasteiger partial charge in [-0.05, 0) is 30.7 Å². The highest BCUT2D eigenvalue weighted by atomic mass is 16.4. The third kappa shape index (κ3) is 10.9. The summed E-state index contributed by atoms with van der Waals surface area (Å²) in [5.41, 5.74) is 12.7. The third-order valence-electron chi connectivity index (χ3n) is 5.88. The molecule has 4 amide bonds. The average molecular weight is 544 g/mol. The van der Waals surface area contributed by atoms with Crippen molar-refractivity contribution in [3.8, 4) is 0 Å². The normalized spacial score (nSPS) is 14.1. The first-order chi connectivity index (χ1) is 18.5. The Kier molecular flexibility index (Phi) is 12.1. The molecule has 212 valence electrons. The van der Waals surface area contributed by atoms with E-state index in [0.29, 0.717) is 5.69 Å². The minimum absolute atomic E-state index is 0.00455. The molecule has 4 atom stereocenters. The molecule has 0 saturated carbocycles. The minimum Gasteiger partial charge on any atom is -0.480 e. The van der Waals surface area contributed by atoms with Crippen LogP contribution < -0.4 is 27.4 Å². The van der Waals surface area contributed by atoms with Crippen molar-refractivity contribution >= 4 is 29.6 Å². The average Bonchev–Trinajstić information content (AvgIpc) is 3.38. The highest BCUT2D eigenvalue weighted by molar-refractivity contribution is 5.94. The number of H-pyrrole nitrogens is 1. The summed E-state index contributed by atoms with van der Waals surface area (Å²) in [5, 5.41) is 17.2. The van der Waals surface area contributed by atoms with Crippen molar-refractivity contribution < 1.29 is 29.1 Å². The van der Waals surface area contributed by atoms with E-state index >= 15 is 0 Å². The van der Waals surface area contributed by atoms with Gasteiger partial charge in [0.1, 0.15) is 18.1 Å². The molecular formula is C26H37N7O6. The number of aromatic amines is 1. The number of carbonyl (C=O) groups excluding carboxylic acids is 4.